The molecule has 2 heterocycles. The van der Waals surface area contributed by atoms with Gasteiger partial charge < -0.3 is 14.9 Å². The average Bonchev–Trinajstić information content (AvgIpc) is 3.20. The first-order chi connectivity index (χ1) is 13.0. The Morgan fingerprint density at radius 1 is 1.19 bits per heavy atom. The van der Waals surface area contributed by atoms with Crippen LogP contribution in [0.1, 0.15) is 48.9 Å². The van der Waals surface area contributed by atoms with Crippen molar-refractivity contribution < 1.29 is 19.6 Å². The van der Waals surface area contributed by atoms with Gasteiger partial charge in [0, 0.05) is 44.2 Å². The van der Waals surface area contributed by atoms with E-state index >= 15 is 0 Å². The van der Waals surface area contributed by atoms with Crippen LogP contribution in [-0.2, 0) is 4.79 Å². The Morgan fingerprint density at radius 2 is 1.93 bits per heavy atom. The van der Waals surface area contributed by atoms with Gasteiger partial charge in [-0.3, -0.25) is 19.7 Å². The van der Waals surface area contributed by atoms with Crippen molar-refractivity contribution in [3.05, 3.63) is 33.9 Å². The number of nitrogens with zero attached hydrogens (tertiary/aromatic N) is 3. The summed E-state index contributed by atoms with van der Waals surface area (Å²) in [5, 5.41) is 20.4. The Hall–Kier alpha value is -2.64. The number of carbonyl (C=O) groups excluding carboxylic acids is 1. The molecule has 1 unspecified atom stereocenters. The van der Waals surface area contributed by atoms with E-state index in [1.807, 2.05) is 4.90 Å². The molecule has 1 aromatic rings. The molecule has 1 aromatic carbocycles. The fourth-order valence-electron chi connectivity index (χ4n) is 4.02. The summed E-state index contributed by atoms with van der Waals surface area (Å²) in [4.78, 5) is 38.4. The van der Waals surface area contributed by atoms with E-state index < -0.39 is 10.9 Å². The number of nitro groups is 1. The van der Waals surface area contributed by atoms with Crippen LogP contribution in [0.25, 0.3) is 0 Å². The fourth-order valence-corrected chi connectivity index (χ4v) is 4.02. The highest BCUT2D eigenvalue weighted by molar-refractivity contribution is 5.96. The van der Waals surface area contributed by atoms with Crippen molar-refractivity contribution in [2.75, 3.05) is 31.1 Å². The van der Waals surface area contributed by atoms with Gasteiger partial charge in [0.25, 0.3) is 11.6 Å². The molecule has 2 saturated heterocycles. The first kappa shape index (κ1) is 19.1. The SMILES string of the molecule is O=C(O)CCC1CCCN(C(=O)c2ccc(N3CCCC3)c([N+](=O)[O-])c2)C1. The normalized spacial score (nSPS) is 19.9. The summed E-state index contributed by atoms with van der Waals surface area (Å²) in [7, 11) is 0. The second-order valence-corrected chi connectivity index (χ2v) is 7.35. The van der Waals surface area contributed by atoms with Gasteiger partial charge in [0.2, 0.25) is 0 Å². The van der Waals surface area contributed by atoms with E-state index in [4.69, 9.17) is 5.11 Å². The van der Waals surface area contributed by atoms with Crippen LogP contribution >= 0.6 is 0 Å². The number of likely N-dealkylation sites (tertiary alicyclic amines) is 1. The van der Waals surface area contributed by atoms with E-state index in [0.717, 1.165) is 38.8 Å². The third-order valence-electron chi connectivity index (χ3n) is 5.44. The van der Waals surface area contributed by atoms with E-state index in [2.05, 4.69) is 0 Å². The highest BCUT2D eigenvalue weighted by Gasteiger charge is 2.28. The highest BCUT2D eigenvalue weighted by atomic mass is 16.6. The Labute approximate surface area is 157 Å². The van der Waals surface area contributed by atoms with Crippen LogP contribution in [0.3, 0.4) is 0 Å². The van der Waals surface area contributed by atoms with Gasteiger partial charge in [0.15, 0.2) is 0 Å². The summed E-state index contributed by atoms with van der Waals surface area (Å²) >= 11 is 0. The summed E-state index contributed by atoms with van der Waals surface area (Å²) in [5.74, 6) is -0.879. The van der Waals surface area contributed by atoms with E-state index in [1.165, 1.54) is 6.07 Å². The number of benzene rings is 1. The summed E-state index contributed by atoms with van der Waals surface area (Å²) in [6.45, 7) is 2.70. The quantitative estimate of drug-likeness (QED) is 0.605. The van der Waals surface area contributed by atoms with Crippen LogP contribution < -0.4 is 4.90 Å². The molecule has 1 N–H and O–H groups in total. The number of hydrogen-bond acceptors (Lipinski definition) is 5. The van der Waals surface area contributed by atoms with Gasteiger partial charge in [-0.2, -0.15) is 0 Å². The van der Waals surface area contributed by atoms with Crippen LogP contribution in [-0.4, -0.2) is 53.0 Å². The number of nitro benzene ring substituents is 1. The molecule has 0 saturated carbocycles. The van der Waals surface area contributed by atoms with E-state index in [0.29, 0.717) is 30.8 Å². The van der Waals surface area contributed by atoms with Crippen LogP contribution in [0, 0.1) is 16.0 Å². The Bertz CT molecular complexity index is 730. The second kappa shape index (κ2) is 8.37. The highest BCUT2D eigenvalue weighted by Crippen LogP contribution is 2.32. The van der Waals surface area contributed by atoms with Crippen molar-refractivity contribution in [1.29, 1.82) is 0 Å². The van der Waals surface area contributed by atoms with Crippen LogP contribution in [0.5, 0.6) is 0 Å². The summed E-state index contributed by atoms with van der Waals surface area (Å²) in [5.41, 5.74) is 0.873. The minimum absolute atomic E-state index is 0.0258. The number of amides is 1. The molecular formula is C19H25N3O5. The molecule has 0 aliphatic carbocycles. The minimum Gasteiger partial charge on any atom is -0.481 e. The predicted molar refractivity (Wildman–Crippen MR) is 100 cm³/mol. The van der Waals surface area contributed by atoms with E-state index in [1.54, 1.807) is 17.0 Å². The second-order valence-electron chi connectivity index (χ2n) is 7.35. The maximum atomic E-state index is 12.9. The van der Waals surface area contributed by atoms with Crippen molar-refractivity contribution in [3.63, 3.8) is 0 Å². The van der Waals surface area contributed by atoms with Gasteiger partial charge in [-0.1, -0.05) is 0 Å². The lowest BCUT2D eigenvalue weighted by Gasteiger charge is -2.32. The molecule has 3 rings (SSSR count). The zero-order valence-corrected chi connectivity index (χ0v) is 15.3. The molecular weight excluding hydrogens is 350 g/mol. The van der Waals surface area contributed by atoms with Crippen molar-refractivity contribution in [1.82, 2.24) is 4.90 Å². The van der Waals surface area contributed by atoms with Gasteiger partial charge in [0.1, 0.15) is 5.69 Å². The first-order valence-corrected chi connectivity index (χ1v) is 9.50. The molecule has 2 fully saturated rings. The summed E-state index contributed by atoms with van der Waals surface area (Å²) in [6, 6.07) is 4.74. The standard InChI is InChI=1S/C19H25N3O5/c23-18(24)8-5-14-4-3-11-21(13-14)19(25)15-6-7-16(17(12-15)22(26)27)20-9-1-2-10-20/h6-7,12,14H,1-5,8-11,13H2,(H,23,24). The van der Waals surface area contributed by atoms with Crippen molar-refractivity contribution in [2.24, 2.45) is 5.92 Å². The molecule has 1 atom stereocenters. The van der Waals surface area contributed by atoms with Crippen LogP contribution in [0.15, 0.2) is 18.2 Å². The monoisotopic (exact) mass is 375 g/mol. The molecule has 8 heteroatoms. The van der Waals surface area contributed by atoms with Crippen molar-refractivity contribution in [2.45, 2.75) is 38.5 Å². The van der Waals surface area contributed by atoms with Crippen LogP contribution in [0.4, 0.5) is 11.4 Å². The Balaban J connectivity index is 1.74. The summed E-state index contributed by atoms with van der Waals surface area (Å²) in [6.07, 6.45) is 4.41. The predicted octanol–water partition coefficient (Wildman–Crippen LogP) is 2.91. The lowest BCUT2D eigenvalue weighted by Crippen LogP contribution is -2.40. The number of carboxylic acid groups (broad SMARTS) is 1. The van der Waals surface area contributed by atoms with E-state index in [-0.39, 0.29) is 23.9 Å². The molecule has 0 aromatic heterocycles. The molecule has 27 heavy (non-hydrogen) atoms. The van der Waals surface area contributed by atoms with Gasteiger partial charge in [0.05, 0.1) is 4.92 Å². The molecule has 1 amide bonds. The zero-order chi connectivity index (χ0) is 19.4. The van der Waals surface area contributed by atoms with E-state index in [9.17, 15) is 19.7 Å². The number of rotatable bonds is 6. The Morgan fingerprint density at radius 3 is 2.59 bits per heavy atom. The van der Waals surface area contributed by atoms with Gasteiger partial charge in [-0.25, -0.2) is 0 Å². The molecule has 0 radical (unpaired) electrons. The smallest absolute Gasteiger partial charge is 0.303 e. The largest absolute Gasteiger partial charge is 0.481 e. The number of carbonyl (C=O) groups is 2. The number of anilines is 1. The number of carboxylic acids is 1. The molecule has 2 aliphatic rings. The maximum absolute atomic E-state index is 12.9. The lowest BCUT2D eigenvalue weighted by atomic mass is 9.93. The molecule has 146 valence electrons. The average molecular weight is 375 g/mol. The zero-order valence-electron chi connectivity index (χ0n) is 15.3. The van der Waals surface area contributed by atoms with Gasteiger partial charge in [-0.15, -0.1) is 0 Å². The van der Waals surface area contributed by atoms with Gasteiger partial charge >= 0.3 is 5.97 Å². The molecule has 2 aliphatic heterocycles. The van der Waals surface area contributed by atoms with Crippen LogP contribution in [0.2, 0.25) is 0 Å². The Kier molecular flexibility index (Phi) is 5.93. The summed E-state index contributed by atoms with van der Waals surface area (Å²) < 4.78 is 0. The molecule has 0 bridgehead atoms. The van der Waals surface area contributed by atoms with Crippen molar-refractivity contribution >= 4 is 23.3 Å². The molecule has 0 spiro atoms. The number of aliphatic carboxylic acids is 1. The third kappa shape index (κ3) is 4.56. The van der Waals surface area contributed by atoms with Gasteiger partial charge in [-0.05, 0) is 50.2 Å². The first-order valence-electron chi connectivity index (χ1n) is 9.50. The minimum atomic E-state index is -0.827. The lowest BCUT2D eigenvalue weighted by molar-refractivity contribution is -0.384. The van der Waals surface area contributed by atoms with Crippen molar-refractivity contribution in [3.8, 4) is 0 Å². The third-order valence-corrected chi connectivity index (χ3v) is 5.44. The number of hydrogen-bond donors (Lipinski definition) is 1. The number of piperidine rings is 1. The fraction of sp³-hybridized carbons (Fsp3) is 0.579. The maximum Gasteiger partial charge on any atom is 0.303 e. The molecule has 8 nitrogen and oxygen atoms in total. The topological polar surface area (TPSA) is 104 Å².